The molecule has 189 valence electrons. The van der Waals surface area contributed by atoms with E-state index >= 15 is 0 Å². The van der Waals surface area contributed by atoms with Crippen molar-refractivity contribution in [3.63, 3.8) is 0 Å². The number of imidazole rings is 1. The summed E-state index contributed by atoms with van der Waals surface area (Å²) in [5, 5.41) is 2.76. The van der Waals surface area contributed by atoms with Gasteiger partial charge >= 0.3 is 0 Å². The first-order valence-electron chi connectivity index (χ1n) is 12.9. The van der Waals surface area contributed by atoms with Crippen LogP contribution in [0.15, 0.2) is 78.9 Å². The largest absolute Gasteiger partial charge is 0.333 e. The predicted octanol–water partition coefficient (Wildman–Crippen LogP) is 9.26. The zero-order valence-corrected chi connectivity index (χ0v) is 24.9. The van der Waals surface area contributed by atoms with Crippen LogP contribution < -0.4 is 0 Å². The Morgan fingerprint density at radius 1 is 0.838 bits per heavy atom. The van der Waals surface area contributed by atoms with Crippen LogP contribution >= 0.6 is 11.3 Å². The average molecular weight is 680 g/mol. The third kappa shape index (κ3) is 4.68. The molecule has 0 saturated heterocycles. The number of benzene rings is 4. The van der Waals surface area contributed by atoms with Crippen LogP contribution in [0.2, 0.25) is 0 Å². The molecule has 6 aromatic rings. The van der Waals surface area contributed by atoms with Crippen LogP contribution in [-0.4, -0.2) is 9.55 Å². The molecule has 6 rings (SSSR count). The third-order valence-corrected chi connectivity index (χ3v) is 8.04. The van der Waals surface area contributed by atoms with Crippen LogP contribution in [0, 0.1) is 17.9 Å². The van der Waals surface area contributed by atoms with Crippen molar-refractivity contribution in [2.45, 2.75) is 40.5 Å². The summed E-state index contributed by atoms with van der Waals surface area (Å²) in [6, 6.07) is 31.5. The summed E-state index contributed by atoms with van der Waals surface area (Å²) in [6.07, 6.45) is 2.04. The Labute approximate surface area is 236 Å². The van der Waals surface area contributed by atoms with Crippen LogP contribution in [-0.2, 0) is 32.9 Å². The Kier molecular flexibility index (Phi) is 7.36. The minimum atomic E-state index is 0. The molecule has 2 aromatic heterocycles. The van der Waals surface area contributed by atoms with E-state index in [0.29, 0.717) is 11.8 Å². The van der Waals surface area contributed by atoms with Crippen molar-refractivity contribution in [2.24, 2.45) is 11.8 Å². The zero-order valence-electron chi connectivity index (χ0n) is 21.7. The van der Waals surface area contributed by atoms with Gasteiger partial charge in [-0.15, -0.1) is 47.2 Å². The van der Waals surface area contributed by atoms with Gasteiger partial charge in [0.15, 0.2) is 0 Å². The van der Waals surface area contributed by atoms with Crippen molar-refractivity contribution in [2.75, 3.05) is 0 Å². The van der Waals surface area contributed by atoms with E-state index in [-0.39, 0.29) is 20.1 Å². The summed E-state index contributed by atoms with van der Waals surface area (Å²) in [7, 11) is 0. The monoisotopic (exact) mass is 680 g/mol. The molecule has 0 spiro atoms. The van der Waals surface area contributed by atoms with Gasteiger partial charge in [-0.25, -0.2) is 0 Å². The maximum atomic E-state index is 5.16. The predicted molar refractivity (Wildman–Crippen MR) is 155 cm³/mol. The molecular formula is C33H31IrN2S-. The molecule has 0 unspecified atom stereocenters. The van der Waals surface area contributed by atoms with Crippen LogP contribution in [0.25, 0.3) is 48.3 Å². The van der Waals surface area contributed by atoms with E-state index in [0.717, 1.165) is 35.3 Å². The van der Waals surface area contributed by atoms with Crippen molar-refractivity contribution >= 4 is 42.5 Å². The average Bonchev–Trinajstić information content (AvgIpc) is 3.43. The molecule has 0 atom stereocenters. The van der Waals surface area contributed by atoms with Crippen LogP contribution in [0.4, 0.5) is 0 Å². The Hall–Kier alpha value is -2.78. The summed E-state index contributed by atoms with van der Waals surface area (Å²) in [4.78, 5) is 5.16. The summed E-state index contributed by atoms with van der Waals surface area (Å²) < 4.78 is 5.20. The van der Waals surface area contributed by atoms with Crippen molar-refractivity contribution in [1.29, 1.82) is 0 Å². The Bertz CT molecular complexity index is 1690. The number of rotatable bonds is 6. The second-order valence-electron chi connectivity index (χ2n) is 10.6. The second-order valence-corrected chi connectivity index (χ2v) is 11.6. The van der Waals surface area contributed by atoms with Gasteiger partial charge in [0.2, 0.25) is 0 Å². The van der Waals surface area contributed by atoms with Crippen molar-refractivity contribution < 1.29 is 20.1 Å². The van der Waals surface area contributed by atoms with E-state index < -0.39 is 0 Å². The first-order chi connectivity index (χ1) is 17.5. The fraction of sp³-hybridized carbons (Fsp3) is 0.242. The number of fused-ring (bicyclic) bond motifs is 4. The molecular weight excluding hydrogens is 649 g/mol. The number of para-hydroxylation sites is 2. The minimum absolute atomic E-state index is 0. The molecule has 0 aliphatic carbocycles. The first-order valence-corrected chi connectivity index (χ1v) is 13.7. The minimum Gasteiger partial charge on any atom is -0.333 e. The van der Waals surface area contributed by atoms with Gasteiger partial charge in [-0.1, -0.05) is 58.0 Å². The summed E-state index contributed by atoms with van der Waals surface area (Å²) in [5.74, 6) is 2.04. The van der Waals surface area contributed by atoms with E-state index in [9.17, 15) is 0 Å². The van der Waals surface area contributed by atoms with Crippen LogP contribution in [0.1, 0.15) is 38.8 Å². The Balaban J connectivity index is 0.00000280. The quantitative estimate of drug-likeness (QED) is 0.161. The number of hydrogen-bond acceptors (Lipinski definition) is 2. The summed E-state index contributed by atoms with van der Waals surface area (Å²) in [6.45, 7) is 9.30. The molecule has 2 heterocycles. The van der Waals surface area contributed by atoms with E-state index in [1.807, 2.05) is 23.5 Å². The molecule has 0 bridgehead atoms. The molecule has 0 fully saturated rings. The first kappa shape index (κ1) is 25.9. The van der Waals surface area contributed by atoms with Gasteiger partial charge in [0, 0.05) is 46.0 Å². The van der Waals surface area contributed by atoms with Gasteiger partial charge in [-0.2, -0.15) is 0 Å². The third-order valence-electron chi connectivity index (χ3n) is 6.79. The van der Waals surface area contributed by atoms with Gasteiger partial charge in [0.1, 0.15) is 0 Å². The van der Waals surface area contributed by atoms with E-state index in [1.165, 1.54) is 37.0 Å². The molecule has 0 N–H and O–H groups in total. The summed E-state index contributed by atoms with van der Waals surface area (Å²) >= 11 is 1.93. The van der Waals surface area contributed by atoms with Gasteiger partial charge in [-0.05, 0) is 60.1 Å². The molecule has 0 aliphatic heterocycles. The SMILES string of the molecule is CC(C)Cc1cc2c(sc3ccccc32)c(CC(C)C)c1-n1c(-c2[c-]cccc2)nc2ccccc21.[Ir]. The van der Waals surface area contributed by atoms with Crippen molar-refractivity contribution in [3.05, 3.63) is 96.1 Å². The fourth-order valence-electron chi connectivity index (χ4n) is 5.41. The van der Waals surface area contributed by atoms with Gasteiger partial charge in [0.05, 0.1) is 16.9 Å². The summed E-state index contributed by atoms with van der Waals surface area (Å²) in [5.41, 5.74) is 7.36. The number of nitrogens with zero attached hydrogens (tertiary/aromatic N) is 2. The zero-order chi connectivity index (χ0) is 24.8. The number of thiophene rings is 1. The van der Waals surface area contributed by atoms with Gasteiger partial charge in [-0.3, -0.25) is 4.98 Å². The molecule has 2 nitrogen and oxygen atoms in total. The molecule has 0 amide bonds. The number of hydrogen-bond donors (Lipinski definition) is 0. The van der Waals surface area contributed by atoms with E-state index in [4.69, 9.17) is 4.98 Å². The fourth-order valence-corrected chi connectivity index (χ4v) is 6.65. The van der Waals surface area contributed by atoms with Crippen molar-refractivity contribution in [3.8, 4) is 17.1 Å². The van der Waals surface area contributed by atoms with E-state index in [1.54, 1.807) is 0 Å². The normalized spacial score (nSPS) is 11.7. The Morgan fingerprint density at radius 2 is 1.57 bits per heavy atom. The molecule has 37 heavy (non-hydrogen) atoms. The standard InChI is InChI=1S/C33H31N2S.Ir/c1-21(2)18-24-20-26-25-14-8-11-17-30(25)36-32(26)27(19-22(3)4)31(24)35-29-16-10-9-15-28(29)34-33(35)23-12-6-5-7-13-23;/h5-12,14-17,20-22H,18-19H2,1-4H3;/q-1;. The molecule has 4 heteroatoms. The second kappa shape index (κ2) is 10.5. The van der Waals surface area contributed by atoms with Crippen LogP contribution in [0.5, 0.6) is 0 Å². The maximum absolute atomic E-state index is 5.16. The van der Waals surface area contributed by atoms with Gasteiger partial charge < -0.3 is 4.57 Å². The van der Waals surface area contributed by atoms with Crippen LogP contribution in [0.3, 0.4) is 0 Å². The number of aromatic nitrogens is 2. The van der Waals surface area contributed by atoms with Crippen molar-refractivity contribution in [1.82, 2.24) is 9.55 Å². The molecule has 1 radical (unpaired) electrons. The van der Waals surface area contributed by atoms with Gasteiger partial charge in [0.25, 0.3) is 0 Å². The topological polar surface area (TPSA) is 17.8 Å². The van der Waals surface area contributed by atoms with E-state index in [2.05, 4.69) is 105 Å². The molecule has 0 aliphatic rings. The molecule has 0 saturated carbocycles. The maximum Gasteiger partial charge on any atom is 0.0774 e. The molecule has 4 aromatic carbocycles. The smallest absolute Gasteiger partial charge is 0.0774 e. The Morgan fingerprint density at radius 3 is 2.32 bits per heavy atom.